The average molecular weight is 421 g/mol. The van der Waals surface area contributed by atoms with Gasteiger partial charge in [0.25, 0.3) is 0 Å². The molecule has 2 aromatic rings. The Morgan fingerprint density at radius 1 is 0.839 bits per heavy atom. The molecule has 0 heterocycles. The summed E-state index contributed by atoms with van der Waals surface area (Å²) in [7, 11) is 0. The fraction of sp³-hybridized carbons (Fsp3) is 0.517. The smallest absolute Gasteiger partial charge is 0.127 e. The second kappa shape index (κ2) is 10.4. The van der Waals surface area contributed by atoms with Gasteiger partial charge in [-0.25, -0.2) is 8.78 Å². The zero-order valence-electron chi connectivity index (χ0n) is 18.7. The molecule has 2 aliphatic rings. The summed E-state index contributed by atoms with van der Waals surface area (Å²) in [6.07, 6.45) is 14.9. The van der Waals surface area contributed by atoms with E-state index in [1.165, 1.54) is 87.5 Å². The Balaban J connectivity index is 1.38. The Morgan fingerprint density at radius 2 is 1.61 bits per heavy atom. The lowest BCUT2D eigenvalue weighted by Crippen LogP contribution is -2.28. The minimum atomic E-state index is -0.586. The standard InChI is InChI=1S/C29H34F2/c1-2-3-4-5-6-7-21-10-14-28-24(16-21)12-13-25-17-22(11-15-29(25)28)8-9-23-18-26(30)20-27(31)19-23/h11,15,17-21,24,28H,2-7,10,12-14,16H2,1H3/t21-,24-,28+/m1/s1. The normalized spacial score (nSPS) is 22.2. The summed E-state index contributed by atoms with van der Waals surface area (Å²) >= 11 is 0. The van der Waals surface area contributed by atoms with E-state index in [1.807, 2.05) is 0 Å². The summed E-state index contributed by atoms with van der Waals surface area (Å²) < 4.78 is 26.7. The minimum absolute atomic E-state index is 0.378. The maximum Gasteiger partial charge on any atom is 0.127 e. The molecule has 164 valence electrons. The van der Waals surface area contributed by atoms with Gasteiger partial charge in [0.1, 0.15) is 11.6 Å². The van der Waals surface area contributed by atoms with Gasteiger partial charge in [0.15, 0.2) is 0 Å². The van der Waals surface area contributed by atoms with Crippen molar-refractivity contribution in [2.45, 2.75) is 83.5 Å². The Bertz CT molecular complexity index is 929. The molecule has 2 aromatic carbocycles. The highest BCUT2D eigenvalue weighted by molar-refractivity contribution is 5.47. The molecule has 4 rings (SSSR count). The van der Waals surface area contributed by atoms with E-state index in [-0.39, 0.29) is 0 Å². The first kappa shape index (κ1) is 22.1. The van der Waals surface area contributed by atoms with Gasteiger partial charge in [0, 0.05) is 17.2 Å². The van der Waals surface area contributed by atoms with Crippen molar-refractivity contribution in [2.75, 3.05) is 0 Å². The number of fused-ring (bicyclic) bond motifs is 3. The van der Waals surface area contributed by atoms with Gasteiger partial charge in [-0.3, -0.25) is 0 Å². The zero-order valence-corrected chi connectivity index (χ0v) is 18.7. The van der Waals surface area contributed by atoms with E-state index in [2.05, 4.69) is 37.0 Å². The monoisotopic (exact) mass is 420 g/mol. The summed E-state index contributed by atoms with van der Waals surface area (Å²) in [5.41, 5.74) is 4.27. The summed E-state index contributed by atoms with van der Waals surface area (Å²) in [6.45, 7) is 2.28. The van der Waals surface area contributed by atoms with E-state index < -0.39 is 11.6 Å². The minimum Gasteiger partial charge on any atom is -0.207 e. The lowest BCUT2D eigenvalue weighted by molar-refractivity contribution is 0.199. The number of hydrogen-bond donors (Lipinski definition) is 0. The molecule has 0 aliphatic heterocycles. The molecule has 1 fully saturated rings. The molecule has 0 saturated heterocycles. The predicted molar refractivity (Wildman–Crippen MR) is 124 cm³/mol. The van der Waals surface area contributed by atoms with Crippen molar-refractivity contribution in [3.05, 3.63) is 70.3 Å². The van der Waals surface area contributed by atoms with Crippen LogP contribution in [0.15, 0.2) is 36.4 Å². The van der Waals surface area contributed by atoms with Crippen LogP contribution >= 0.6 is 0 Å². The van der Waals surface area contributed by atoms with Crippen LogP contribution in [0.4, 0.5) is 8.78 Å². The van der Waals surface area contributed by atoms with E-state index in [4.69, 9.17) is 0 Å². The fourth-order valence-electron chi connectivity index (χ4n) is 5.76. The van der Waals surface area contributed by atoms with Gasteiger partial charge in [-0.2, -0.15) is 0 Å². The van der Waals surface area contributed by atoms with Crippen LogP contribution in [-0.2, 0) is 6.42 Å². The van der Waals surface area contributed by atoms with E-state index in [0.29, 0.717) is 11.5 Å². The second-order valence-corrected chi connectivity index (χ2v) is 9.61. The molecule has 3 atom stereocenters. The highest BCUT2D eigenvalue weighted by Crippen LogP contribution is 2.48. The van der Waals surface area contributed by atoms with Crippen molar-refractivity contribution >= 4 is 0 Å². The van der Waals surface area contributed by atoms with Gasteiger partial charge in [-0.1, -0.05) is 63.4 Å². The molecule has 2 aliphatic carbocycles. The van der Waals surface area contributed by atoms with Gasteiger partial charge in [0.2, 0.25) is 0 Å². The number of halogens is 2. The van der Waals surface area contributed by atoms with Crippen LogP contribution in [0.5, 0.6) is 0 Å². The van der Waals surface area contributed by atoms with Crippen molar-refractivity contribution in [1.82, 2.24) is 0 Å². The third-order valence-corrected chi connectivity index (χ3v) is 7.35. The van der Waals surface area contributed by atoms with E-state index in [0.717, 1.165) is 29.9 Å². The number of unbranched alkanes of at least 4 members (excludes halogenated alkanes) is 4. The second-order valence-electron chi connectivity index (χ2n) is 9.61. The first-order chi connectivity index (χ1) is 15.1. The van der Waals surface area contributed by atoms with Crippen LogP contribution in [-0.4, -0.2) is 0 Å². The number of hydrogen-bond acceptors (Lipinski definition) is 0. The topological polar surface area (TPSA) is 0 Å². The Morgan fingerprint density at radius 3 is 2.42 bits per heavy atom. The molecule has 31 heavy (non-hydrogen) atoms. The number of rotatable bonds is 6. The van der Waals surface area contributed by atoms with Gasteiger partial charge in [0.05, 0.1) is 0 Å². The zero-order chi connectivity index (χ0) is 21.6. The molecule has 0 N–H and O–H groups in total. The summed E-state index contributed by atoms with van der Waals surface area (Å²) in [5, 5.41) is 0. The molecular formula is C29H34F2. The van der Waals surface area contributed by atoms with Gasteiger partial charge in [-0.05, 0) is 85.3 Å². The van der Waals surface area contributed by atoms with Crippen molar-refractivity contribution < 1.29 is 8.78 Å². The Hall–Kier alpha value is -2.14. The van der Waals surface area contributed by atoms with Crippen LogP contribution in [0.1, 0.15) is 99.3 Å². The van der Waals surface area contributed by atoms with Crippen LogP contribution in [0.25, 0.3) is 0 Å². The lowest BCUT2D eigenvalue weighted by Gasteiger charge is -2.40. The predicted octanol–water partition coefficient (Wildman–Crippen LogP) is 8.17. The van der Waals surface area contributed by atoms with Crippen molar-refractivity contribution in [3.8, 4) is 11.8 Å². The van der Waals surface area contributed by atoms with Crippen LogP contribution in [0, 0.1) is 35.3 Å². The summed E-state index contributed by atoms with van der Waals surface area (Å²) in [4.78, 5) is 0. The molecule has 0 aromatic heterocycles. The maximum absolute atomic E-state index is 13.4. The van der Waals surface area contributed by atoms with Crippen LogP contribution < -0.4 is 0 Å². The molecule has 0 bridgehead atoms. The first-order valence-electron chi connectivity index (χ1n) is 12.2. The summed E-state index contributed by atoms with van der Waals surface area (Å²) in [6, 6.07) is 10.00. The van der Waals surface area contributed by atoms with Crippen molar-refractivity contribution in [3.63, 3.8) is 0 Å². The Labute approximate surface area is 186 Å². The quantitative estimate of drug-likeness (QED) is 0.326. The fourth-order valence-corrected chi connectivity index (χ4v) is 5.76. The van der Waals surface area contributed by atoms with Crippen LogP contribution in [0.2, 0.25) is 0 Å². The van der Waals surface area contributed by atoms with E-state index >= 15 is 0 Å². The molecular weight excluding hydrogens is 386 g/mol. The molecule has 0 unspecified atom stereocenters. The Kier molecular flexibility index (Phi) is 7.44. The molecule has 0 nitrogen and oxygen atoms in total. The van der Waals surface area contributed by atoms with Crippen molar-refractivity contribution in [2.24, 2.45) is 11.8 Å². The third-order valence-electron chi connectivity index (χ3n) is 7.35. The molecule has 1 saturated carbocycles. The number of aryl methyl sites for hydroxylation is 1. The van der Waals surface area contributed by atoms with E-state index in [9.17, 15) is 8.78 Å². The highest BCUT2D eigenvalue weighted by atomic mass is 19.1. The van der Waals surface area contributed by atoms with Crippen molar-refractivity contribution in [1.29, 1.82) is 0 Å². The number of benzene rings is 2. The average Bonchev–Trinajstić information content (AvgIpc) is 2.76. The largest absolute Gasteiger partial charge is 0.207 e. The maximum atomic E-state index is 13.4. The van der Waals surface area contributed by atoms with Gasteiger partial charge in [-0.15, -0.1) is 0 Å². The first-order valence-corrected chi connectivity index (χ1v) is 12.2. The molecule has 0 spiro atoms. The van der Waals surface area contributed by atoms with Crippen LogP contribution in [0.3, 0.4) is 0 Å². The van der Waals surface area contributed by atoms with Gasteiger partial charge < -0.3 is 0 Å². The highest BCUT2D eigenvalue weighted by Gasteiger charge is 2.34. The molecule has 0 amide bonds. The molecule has 2 heteroatoms. The molecule has 0 radical (unpaired) electrons. The SMILES string of the molecule is CCCCCCC[C@@H]1CC[C@@H]2c3ccc(C#Cc4cc(F)cc(F)c4)cc3CC[C@@H]2C1. The lowest BCUT2D eigenvalue weighted by atomic mass is 9.64. The van der Waals surface area contributed by atoms with E-state index in [1.54, 1.807) is 0 Å². The van der Waals surface area contributed by atoms with Gasteiger partial charge >= 0.3 is 0 Å². The third kappa shape index (κ3) is 5.76. The summed E-state index contributed by atoms with van der Waals surface area (Å²) in [5.74, 6) is 7.32.